The normalized spacial score (nSPS) is 20.9. The summed E-state index contributed by atoms with van der Waals surface area (Å²) in [7, 11) is 0. The zero-order valence-electron chi connectivity index (χ0n) is 11.7. The number of ether oxygens (including phenoxy) is 1. The minimum Gasteiger partial charge on any atom is -0.493 e. The predicted molar refractivity (Wildman–Crippen MR) is 78.6 cm³/mol. The van der Waals surface area contributed by atoms with Crippen molar-refractivity contribution in [2.75, 3.05) is 11.9 Å². The molecule has 0 bridgehead atoms. The number of hydrogen-bond acceptors (Lipinski definition) is 2. The van der Waals surface area contributed by atoms with Crippen molar-refractivity contribution in [2.24, 2.45) is 5.92 Å². The fourth-order valence-electron chi connectivity index (χ4n) is 2.58. The van der Waals surface area contributed by atoms with Crippen LogP contribution in [0.2, 0.25) is 0 Å². The second kappa shape index (κ2) is 5.16. The van der Waals surface area contributed by atoms with E-state index >= 15 is 0 Å². The third-order valence-electron chi connectivity index (χ3n) is 3.82. The summed E-state index contributed by atoms with van der Waals surface area (Å²) in [6, 6.07) is 13.4. The first-order valence-electron chi connectivity index (χ1n) is 6.89. The second-order valence-corrected chi connectivity index (χ2v) is 5.41. The molecule has 104 valence electrons. The molecule has 1 heterocycles. The Kier molecular flexibility index (Phi) is 3.35. The Hall–Kier alpha value is -2.03. The molecule has 2 nitrogen and oxygen atoms in total. The van der Waals surface area contributed by atoms with Gasteiger partial charge in [0, 0.05) is 17.2 Å². The summed E-state index contributed by atoms with van der Waals surface area (Å²) in [6.07, 6.45) is 0. The molecule has 0 fully saturated rings. The maximum atomic E-state index is 13.7. The summed E-state index contributed by atoms with van der Waals surface area (Å²) in [4.78, 5) is 0. The molecule has 2 aromatic carbocycles. The smallest absolute Gasteiger partial charge is 0.128 e. The van der Waals surface area contributed by atoms with Crippen molar-refractivity contribution < 1.29 is 9.13 Å². The molecule has 0 saturated carbocycles. The maximum absolute atomic E-state index is 13.7. The SMILES string of the molecule is Cc1ccc(NC2c3ccccc3OCC2C)cc1F. The number of anilines is 1. The van der Waals surface area contributed by atoms with Gasteiger partial charge in [0.25, 0.3) is 0 Å². The zero-order chi connectivity index (χ0) is 14.1. The van der Waals surface area contributed by atoms with Crippen LogP contribution in [0.5, 0.6) is 5.75 Å². The molecule has 0 saturated heterocycles. The second-order valence-electron chi connectivity index (χ2n) is 5.41. The molecule has 0 aliphatic carbocycles. The number of fused-ring (bicyclic) bond motifs is 1. The van der Waals surface area contributed by atoms with Crippen molar-refractivity contribution in [3.05, 3.63) is 59.4 Å². The van der Waals surface area contributed by atoms with E-state index in [1.165, 1.54) is 0 Å². The van der Waals surface area contributed by atoms with Gasteiger partial charge in [-0.15, -0.1) is 0 Å². The number of nitrogens with one attached hydrogen (secondary N) is 1. The van der Waals surface area contributed by atoms with Crippen LogP contribution in [0.15, 0.2) is 42.5 Å². The van der Waals surface area contributed by atoms with E-state index in [9.17, 15) is 4.39 Å². The molecular weight excluding hydrogens is 253 g/mol. The topological polar surface area (TPSA) is 21.3 Å². The highest BCUT2D eigenvalue weighted by molar-refractivity contribution is 5.50. The van der Waals surface area contributed by atoms with Gasteiger partial charge in [-0.05, 0) is 30.7 Å². The average Bonchev–Trinajstić information content (AvgIpc) is 2.46. The molecule has 1 aliphatic heterocycles. The lowest BCUT2D eigenvalue weighted by molar-refractivity contribution is 0.214. The summed E-state index contributed by atoms with van der Waals surface area (Å²) in [6.45, 7) is 4.58. The molecule has 1 aliphatic rings. The van der Waals surface area contributed by atoms with Crippen molar-refractivity contribution in [1.82, 2.24) is 0 Å². The number of aryl methyl sites for hydroxylation is 1. The van der Waals surface area contributed by atoms with Gasteiger partial charge in [-0.2, -0.15) is 0 Å². The van der Waals surface area contributed by atoms with Crippen LogP contribution >= 0.6 is 0 Å². The highest BCUT2D eigenvalue weighted by atomic mass is 19.1. The standard InChI is InChI=1S/C17H18FNO/c1-11-7-8-13(9-15(11)18)19-17-12(2)10-20-16-6-4-3-5-14(16)17/h3-9,12,17,19H,10H2,1-2H3. The molecular formula is C17H18FNO. The lowest BCUT2D eigenvalue weighted by atomic mass is 9.92. The van der Waals surface area contributed by atoms with Gasteiger partial charge in [-0.1, -0.05) is 31.2 Å². The van der Waals surface area contributed by atoms with E-state index in [1.54, 1.807) is 19.1 Å². The summed E-state index contributed by atoms with van der Waals surface area (Å²) in [5.74, 6) is 1.06. The van der Waals surface area contributed by atoms with Gasteiger partial charge >= 0.3 is 0 Å². The largest absolute Gasteiger partial charge is 0.493 e. The minimum atomic E-state index is -0.178. The van der Waals surface area contributed by atoms with Gasteiger partial charge in [0.15, 0.2) is 0 Å². The number of hydrogen-bond donors (Lipinski definition) is 1. The number of para-hydroxylation sites is 1. The molecule has 3 rings (SSSR count). The van der Waals surface area contributed by atoms with Crippen LogP contribution in [0.25, 0.3) is 0 Å². The Bertz CT molecular complexity index is 626. The molecule has 2 atom stereocenters. The van der Waals surface area contributed by atoms with E-state index in [0.717, 1.165) is 17.0 Å². The molecule has 0 spiro atoms. The lowest BCUT2D eigenvalue weighted by Gasteiger charge is -2.32. The van der Waals surface area contributed by atoms with Crippen LogP contribution in [0, 0.1) is 18.7 Å². The van der Waals surface area contributed by atoms with Crippen LogP contribution in [0.3, 0.4) is 0 Å². The Morgan fingerprint density at radius 2 is 2.00 bits per heavy atom. The van der Waals surface area contributed by atoms with E-state index in [1.807, 2.05) is 24.3 Å². The number of halogens is 1. The third kappa shape index (κ3) is 2.36. The van der Waals surface area contributed by atoms with Gasteiger partial charge < -0.3 is 10.1 Å². The third-order valence-corrected chi connectivity index (χ3v) is 3.82. The first kappa shape index (κ1) is 13.0. The first-order chi connectivity index (χ1) is 9.65. The van der Waals surface area contributed by atoms with Crippen molar-refractivity contribution in [3.63, 3.8) is 0 Å². The highest BCUT2D eigenvalue weighted by Crippen LogP contribution is 2.37. The minimum absolute atomic E-state index is 0.141. The monoisotopic (exact) mass is 271 g/mol. The van der Waals surface area contributed by atoms with Gasteiger partial charge in [-0.3, -0.25) is 0 Å². The van der Waals surface area contributed by atoms with Gasteiger partial charge in [0.05, 0.1) is 12.6 Å². The zero-order valence-corrected chi connectivity index (χ0v) is 11.7. The van der Waals surface area contributed by atoms with E-state index in [-0.39, 0.29) is 11.9 Å². The number of rotatable bonds is 2. The van der Waals surface area contributed by atoms with E-state index in [0.29, 0.717) is 18.1 Å². The molecule has 3 heteroatoms. The van der Waals surface area contributed by atoms with Crippen LogP contribution < -0.4 is 10.1 Å². The fraction of sp³-hybridized carbons (Fsp3) is 0.294. The Labute approximate surface area is 118 Å². The predicted octanol–water partition coefficient (Wildman–Crippen LogP) is 4.32. The van der Waals surface area contributed by atoms with Crippen LogP contribution in [0.4, 0.5) is 10.1 Å². The molecule has 20 heavy (non-hydrogen) atoms. The maximum Gasteiger partial charge on any atom is 0.128 e. The lowest BCUT2D eigenvalue weighted by Crippen LogP contribution is -2.28. The van der Waals surface area contributed by atoms with Gasteiger partial charge in [-0.25, -0.2) is 4.39 Å². The molecule has 0 amide bonds. The Morgan fingerprint density at radius 3 is 2.80 bits per heavy atom. The van der Waals surface area contributed by atoms with E-state index in [4.69, 9.17) is 4.74 Å². The van der Waals surface area contributed by atoms with E-state index < -0.39 is 0 Å². The molecule has 1 N–H and O–H groups in total. The summed E-state index contributed by atoms with van der Waals surface area (Å²) >= 11 is 0. The van der Waals surface area contributed by atoms with Crippen molar-refractivity contribution in [2.45, 2.75) is 19.9 Å². The van der Waals surface area contributed by atoms with E-state index in [2.05, 4.69) is 18.3 Å². The average molecular weight is 271 g/mol. The van der Waals surface area contributed by atoms with Crippen molar-refractivity contribution >= 4 is 5.69 Å². The molecule has 2 aromatic rings. The van der Waals surface area contributed by atoms with Gasteiger partial charge in [0.2, 0.25) is 0 Å². The first-order valence-corrected chi connectivity index (χ1v) is 6.89. The van der Waals surface area contributed by atoms with Crippen LogP contribution in [-0.4, -0.2) is 6.61 Å². The Balaban J connectivity index is 1.91. The summed E-state index contributed by atoms with van der Waals surface area (Å²) in [5, 5.41) is 3.43. The van der Waals surface area contributed by atoms with Crippen LogP contribution in [0.1, 0.15) is 24.1 Å². The Morgan fingerprint density at radius 1 is 1.20 bits per heavy atom. The van der Waals surface area contributed by atoms with Crippen molar-refractivity contribution in [1.29, 1.82) is 0 Å². The quantitative estimate of drug-likeness (QED) is 0.878. The molecule has 0 aromatic heterocycles. The number of benzene rings is 2. The fourth-order valence-corrected chi connectivity index (χ4v) is 2.58. The molecule has 2 unspecified atom stereocenters. The van der Waals surface area contributed by atoms with Crippen LogP contribution in [-0.2, 0) is 0 Å². The van der Waals surface area contributed by atoms with Crippen molar-refractivity contribution in [3.8, 4) is 5.75 Å². The van der Waals surface area contributed by atoms with Gasteiger partial charge in [0.1, 0.15) is 11.6 Å². The highest BCUT2D eigenvalue weighted by Gasteiger charge is 2.27. The molecule has 0 radical (unpaired) electrons. The summed E-state index contributed by atoms with van der Waals surface area (Å²) < 4.78 is 19.4. The summed E-state index contributed by atoms with van der Waals surface area (Å²) in [5.41, 5.74) is 2.60.